The van der Waals surface area contributed by atoms with Crippen LogP contribution in [0.3, 0.4) is 0 Å². The van der Waals surface area contributed by atoms with E-state index >= 15 is 0 Å². The Hall–Kier alpha value is -1.30. The summed E-state index contributed by atoms with van der Waals surface area (Å²) in [5.74, 6) is 0.495. The Morgan fingerprint density at radius 1 is 1.41 bits per heavy atom. The second kappa shape index (κ2) is 4.52. The Kier molecular flexibility index (Phi) is 3.24. The molecule has 1 fully saturated rings. The van der Waals surface area contributed by atoms with Crippen molar-refractivity contribution in [2.75, 3.05) is 18.1 Å². The van der Waals surface area contributed by atoms with E-state index in [4.69, 9.17) is 5.11 Å². The third kappa shape index (κ3) is 2.52. The van der Waals surface area contributed by atoms with Crippen LogP contribution in [0.1, 0.15) is 18.4 Å². The Bertz CT molecular complexity index is 377. The molecule has 1 aromatic heterocycles. The van der Waals surface area contributed by atoms with Gasteiger partial charge in [-0.25, -0.2) is 4.98 Å². The van der Waals surface area contributed by atoms with Crippen molar-refractivity contribution in [2.45, 2.75) is 25.1 Å². The van der Waals surface area contributed by atoms with Crippen LogP contribution in [-0.2, 0) is 6.18 Å². The number of anilines is 1. The summed E-state index contributed by atoms with van der Waals surface area (Å²) in [6, 6.07) is 2.35. The molecule has 3 nitrogen and oxygen atoms in total. The molecule has 0 amide bonds. The second-order valence-electron chi connectivity index (χ2n) is 4.07. The molecule has 17 heavy (non-hydrogen) atoms. The van der Waals surface area contributed by atoms with Gasteiger partial charge in [-0.2, -0.15) is 13.2 Å². The van der Waals surface area contributed by atoms with Gasteiger partial charge in [0.2, 0.25) is 0 Å². The summed E-state index contributed by atoms with van der Waals surface area (Å²) in [6.45, 7) is 0.728. The van der Waals surface area contributed by atoms with E-state index in [9.17, 15) is 13.2 Å². The van der Waals surface area contributed by atoms with Crippen molar-refractivity contribution in [3.05, 3.63) is 23.9 Å². The van der Waals surface area contributed by atoms with Gasteiger partial charge in [-0.05, 0) is 25.0 Å². The molecular formula is C11H13F3N2O. The number of hydrogen-bond donors (Lipinski definition) is 1. The number of pyridine rings is 1. The quantitative estimate of drug-likeness (QED) is 0.867. The second-order valence-corrected chi connectivity index (χ2v) is 4.07. The Balaban J connectivity index is 2.18. The van der Waals surface area contributed by atoms with Crippen molar-refractivity contribution >= 4 is 5.82 Å². The van der Waals surface area contributed by atoms with Crippen molar-refractivity contribution in [3.8, 4) is 0 Å². The predicted molar refractivity (Wildman–Crippen MR) is 56.7 cm³/mol. The molecule has 6 heteroatoms. The van der Waals surface area contributed by atoms with Crippen LogP contribution in [0.25, 0.3) is 0 Å². The molecule has 2 rings (SSSR count). The molecule has 1 atom stereocenters. The maximum Gasteiger partial charge on any atom is 0.417 e. The van der Waals surface area contributed by atoms with Crippen LogP contribution >= 0.6 is 0 Å². The molecule has 0 unspecified atom stereocenters. The number of aliphatic hydroxyl groups is 1. The first-order valence-corrected chi connectivity index (χ1v) is 5.43. The number of aliphatic hydroxyl groups excluding tert-OH is 1. The number of nitrogens with zero attached hydrogens (tertiary/aromatic N) is 2. The lowest BCUT2D eigenvalue weighted by molar-refractivity contribution is -0.137. The highest BCUT2D eigenvalue weighted by molar-refractivity contribution is 5.42. The van der Waals surface area contributed by atoms with E-state index in [2.05, 4.69) is 4.98 Å². The monoisotopic (exact) mass is 246 g/mol. The van der Waals surface area contributed by atoms with Gasteiger partial charge in [-0.15, -0.1) is 0 Å². The number of rotatable bonds is 2. The van der Waals surface area contributed by atoms with Gasteiger partial charge in [0.15, 0.2) is 0 Å². The fourth-order valence-corrected chi connectivity index (χ4v) is 2.05. The molecule has 94 valence electrons. The minimum absolute atomic E-state index is 0.00268. The molecule has 0 saturated carbocycles. The number of alkyl halides is 3. The van der Waals surface area contributed by atoms with E-state index in [1.807, 2.05) is 4.90 Å². The lowest BCUT2D eigenvalue weighted by Gasteiger charge is -2.24. The van der Waals surface area contributed by atoms with Crippen LogP contribution in [-0.4, -0.2) is 29.3 Å². The summed E-state index contributed by atoms with van der Waals surface area (Å²) >= 11 is 0. The van der Waals surface area contributed by atoms with E-state index in [1.54, 1.807) is 0 Å². The zero-order chi connectivity index (χ0) is 12.5. The number of halogens is 3. The molecule has 2 heterocycles. The van der Waals surface area contributed by atoms with Crippen LogP contribution in [0.4, 0.5) is 19.0 Å². The highest BCUT2D eigenvalue weighted by atomic mass is 19.4. The molecule has 1 aromatic rings. The molecule has 0 spiro atoms. The summed E-state index contributed by atoms with van der Waals surface area (Å²) in [6.07, 6.45) is -1.75. The van der Waals surface area contributed by atoms with Gasteiger partial charge >= 0.3 is 6.18 Å². The zero-order valence-electron chi connectivity index (χ0n) is 9.11. The maximum atomic E-state index is 12.3. The third-order valence-electron chi connectivity index (χ3n) is 2.96. The molecule has 1 aliphatic heterocycles. The zero-order valence-corrected chi connectivity index (χ0v) is 9.11. The Morgan fingerprint density at radius 3 is 2.71 bits per heavy atom. The largest absolute Gasteiger partial charge is 0.417 e. The topological polar surface area (TPSA) is 36.4 Å². The Labute approximate surface area is 96.9 Å². The summed E-state index contributed by atoms with van der Waals surface area (Å²) in [4.78, 5) is 5.67. The maximum absolute atomic E-state index is 12.3. The van der Waals surface area contributed by atoms with Crippen LogP contribution in [0.2, 0.25) is 0 Å². The van der Waals surface area contributed by atoms with Crippen molar-refractivity contribution < 1.29 is 18.3 Å². The minimum atomic E-state index is -4.35. The van der Waals surface area contributed by atoms with E-state index in [0.717, 1.165) is 31.6 Å². The molecule has 0 radical (unpaired) electrons. The van der Waals surface area contributed by atoms with Gasteiger partial charge in [-0.1, -0.05) is 0 Å². The van der Waals surface area contributed by atoms with Crippen LogP contribution < -0.4 is 4.90 Å². The van der Waals surface area contributed by atoms with Gasteiger partial charge in [0, 0.05) is 12.7 Å². The first-order chi connectivity index (χ1) is 8.02. The van der Waals surface area contributed by atoms with Crippen LogP contribution in [0.5, 0.6) is 0 Å². The summed E-state index contributed by atoms with van der Waals surface area (Å²) in [7, 11) is 0. The summed E-state index contributed by atoms with van der Waals surface area (Å²) in [5, 5.41) is 9.13. The summed E-state index contributed by atoms with van der Waals surface area (Å²) in [5.41, 5.74) is -0.749. The highest BCUT2D eigenvalue weighted by Crippen LogP contribution is 2.30. The van der Waals surface area contributed by atoms with E-state index in [1.165, 1.54) is 6.07 Å². The van der Waals surface area contributed by atoms with Gasteiger partial charge < -0.3 is 10.0 Å². The average molecular weight is 246 g/mol. The van der Waals surface area contributed by atoms with Gasteiger partial charge in [-0.3, -0.25) is 0 Å². The molecule has 0 aliphatic carbocycles. The van der Waals surface area contributed by atoms with Crippen molar-refractivity contribution in [3.63, 3.8) is 0 Å². The average Bonchev–Trinajstić information content (AvgIpc) is 2.76. The highest BCUT2D eigenvalue weighted by Gasteiger charge is 2.31. The molecule has 1 aliphatic rings. The van der Waals surface area contributed by atoms with E-state index < -0.39 is 11.7 Å². The number of hydrogen-bond acceptors (Lipinski definition) is 3. The van der Waals surface area contributed by atoms with Crippen molar-refractivity contribution in [1.82, 2.24) is 4.98 Å². The first kappa shape index (κ1) is 12.2. The molecule has 1 N–H and O–H groups in total. The lowest BCUT2D eigenvalue weighted by atomic mass is 10.2. The van der Waals surface area contributed by atoms with Gasteiger partial charge in [0.25, 0.3) is 0 Å². The minimum Gasteiger partial charge on any atom is -0.394 e. The molecule has 0 aromatic carbocycles. The Morgan fingerprint density at radius 2 is 2.18 bits per heavy atom. The first-order valence-electron chi connectivity index (χ1n) is 5.43. The molecule has 0 bridgehead atoms. The molecule has 1 saturated heterocycles. The third-order valence-corrected chi connectivity index (χ3v) is 2.96. The summed E-state index contributed by atoms with van der Waals surface area (Å²) < 4.78 is 37.0. The van der Waals surface area contributed by atoms with E-state index in [-0.39, 0.29) is 12.6 Å². The number of aromatic nitrogens is 1. The van der Waals surface area contributed by atoms with Crippen molar-refractivity contribution in [1.29, 1.82) is 0 Å². The van der Waals surface area contributed by atoms with Crippen LogP contribution in [0.15, 0.2) is 18.3 Å². The normalized spacial score (nSPS) is 20.9. The van der Waals surface area contributed by atoms with Gasteiger partial charge in [0.1, 0.15) is 5.82 Å². The van der Waals surface area contributed by atoms with Gasteiger partial charge in [0.05, 0.1) is 18.2 Å². The fraction of sp³-hybridized carbons (Fsp3) is 0.545. The molecular weight excluding hydrogens is 233 g/mol. The smallest absolute Gasteiger partial charge is 0.394 e. The van der Waals surface area contributed by atoms with E-state index in [0.29, 0.717) is 5.82 Å². The lowest BCUT2D eigenvalue weighted by Crippen LogP contribution is -2.32. The predicted octanol–water partition coefficient (Wildman–Crippen LogP) is 2.06. The SMILES string of the molecule is OC[C@@H]1CCCN1c1ccc(C(F)(F)F)cn1. The van der Waals surface area contributed by atoms with Crippen LogP contribution in [0, 0.1) is 0 Å². The van der Waals surface area contributed by atoms with Crippen molar-refractivity contribution in [2.24, 2.45) is 0 Å². The fourth-order valence-electron chi connectivity index (χ4n) is 2.05. The standard InChI is InChI=1S/C11H13F3N2O/c12-11(13,14)8-3-4-10(15-6-8)16-5-1-2-9(16)7-17/h3-4,6,9,17H,1-2,5,7H2/t9-/m0/s1.